The Bertz CT molecular complexity index is 364. The van der Waals surface area contributed by atoms with Gasteiger partial charge in [0.1, 0.15) is 0 Å². The summed E-state index contributed by atoms with van der Waals surface area (Å²) in [4.78, 5) is 17.2. The van der Waals surface area contributed by atoms with E-state index in [9.17, 15) is 4.79 Å². The first-order valence-electron chi connectivity index (χ1n) is 7.82. The molecule has 4 heteroatoms. The molecule has 108 valence electrons. The number of carbonyl (C=O) groups excluding carboxylic acids is 1. The van der Waals surface area contributed by atoms with E-state index in [-0.39, 0.29) is 11.7 Å². The van der Waals surface area contributed by atoms with Gasteiger partial charge in [0.25, 0.3) is 0 Å². The average molecular weight is 265 g/mol. The van der Waals surface area contributed by atoms with E-state index in [2.05, 4.69) is 36.0 Å². The summed E-state index contributed by atoms with van der Waals surface area (Å²) < 4.78 is 0. The van der Waals surface area contributed by atoms with E-state index < -0.39 is 0 Å². The predicted octanol–water partition coefficient (Wildman–Crippen LogP) is 1.42. The quantitative estimate of drug-likeness (QED) is 0.838. The van der Waals surface area contributed by atoms with Crippen molar-refractivity contribution in [3.8, 4) is 0 Å². The molecule has 4 nitrogen and oxygen atoms in total. The van der Waals surface area contributed by atoms with E-state index in [4.69, 9.17) is 0 Å². The second kappa shape index (κ2) is 4.74. The van der Waals surface area contributed by atoms with Crippen LogP contribution in [0.5, 0.6) is 0 Å². The molecule has 19 heavy (non-hydrogen) atoms. The summed E-state index contributed by atoms with van der Waals surface area (Å²) in [5.74, 6) is 0.850. The van der Waals surface area contributed by atoms with Gasteiger partial charge in [0.05, 0.1) is 11.7 Å². The number of amides is 1. The SMILES string of the molecule is CC(C)C1NC2(CC2)C(=O)N1CC1CCCCN1C. The third kappa shape index (κ3) is 2.29. The summed E-state index contributed by atoms with van der Waals surface area (Å²) in [6, 6.07) is 0.551. The minimum atomic E-state index is -0.165. The molecule has 2 aliphatic heterocycles. The van der Waals surface area contributed by atoms with Gasteiger partial charge in [0, 0.05) is 12.6 Å². The van der Waals surface area contributed by atoms with Crippen LogP contribution in [-0.4, -0.2) is 53.6 Å². The Morgan fingerprint density at radius 1 is 1.37 bits per heavy atom. The maximum Gasteiger partial charge on any atom is 0.244 e. The topological polar surface area (TPSA) is 35.6 Å². The first kappa shape index (κ1) is 13.4. The first-order chi connectivity index (χ1) is 9.03. The highest BCUT2D eigenvalue weighted by Crippen LogP contribution is 2.43. The van der Waals surface area contributed by atoms with E-state index in [1.807, 2.05) is 0 Å². The summed E-state index contributed by atoms with van der Waals surface area (Å²) in [6.07, 6.45) is 6.15. The molecule has 2 unspecified atom stereocenters. The number of carbonyl (C=O) groups is 1. The molecule has 0 aromatic carbocycles. The van der Waals surface area contributed by atoms with Crippen molar-refractivity contribution >= 4 is 5.91 Å². The van der Waals surface area contributed by atoms with Gasteiger partial charge in [-0.15, -0.1) is 0 Å². The van der Waals surface area contributed by atoms with Crippen molar-refractivity contribution in [3.63, 3.8) is 0 Å². The molecule has 2 saturated heterocycles. The largest absolute Gasteiger partial charge is 0.324 e. The zero-order valence-corrected chi connectivity index (χ0v) is 12.5. The molecule has 1 spiro atoms. The third-order valence-electron chi connectivity index (χ3n) is 5.14. The van der Waals surface area contributed by atoms with Gasteiger partial charge in [-0.2, -0.15) is 0 Å². The highest BCUT2D eigenvalue weighted by molar-refractivity contribution is 5.91. The Labute approximate surface area is 116 Å². The predicted molar refractivity (Wildman–Crippen MR) is 75.7 cm³/mol. The first-order valence-corrected chi connectivity index (χ1v) is 7.82. The fraction of sp³-hybridized carbons (Fsp3) is 0.933. The van der Waals surface area contributed by atoms with Crippen molar-refractivity contribution < 1.29 is 4.79 Å². The molecule has 3 rings (SSSR count). The van der Waals surface area contributed by atoms with Crippen LogP contribution < -0.4 is 5.32 Å². The van der Waals surface area contributed by atoms with Crippen molar-refractivity contribution in [2.75, 3.05) is 20.1 Å². The number of nitrogens with zero attached hydrogens (tertiary/aromatic N) is 2. The van der Waals surface area contributed by atoms with Crippen LogP contribution in [0.3, 0.4) is 0 Å². The van der Waals surface area contributed by atoms with Gasteiger partial charge in [0.15, 0.2) is 0 Å². The molecule has 3 fully saturated rings. The van der Waals surface area contributed by atoms with Gasteiger partial charge >= 0.3 is 0 Å². The van der Waals surface area contributed by atoms with E-state index in [1.165, 1.54) is 25.8 Å². The Morgan fingerprint density at radius 3 is 2.68 bits per heavy atom. The standard InChI is InChI=1S/C15H27N3O/c1-11(2)13-16-15(7-8-15)14(19)18(13)10-12-6-4-5-9-17(12)3/h11-13,16H,4-10H2,1-3H3. The minimum Gasteiger partial charge on any atom is -0.324 e. The normalized spacial score (nSPS) is 34.5. The monoisotopic (exact) mass is 265 g/mol. The van der Waals surface area contributed by atoms with E-state index in [1.54, 1.807) is 0 Å². The van der Waals surface area contributed by atoms with E-state index in [0.717, 1.165) is 19.4 Å². The molecule has 1 saturated carbocycles. The smallest absolute Gasteiger partial charge is 0.244 e. The number of likely N-dealkylation sites (tertiary alicyclic amines) is 1. The maximum absolute atomic E-state index is 12.6. The molecule has 1 N–H and O–H groups in total. The second-order valence-corrected chi connectivity index (χ2v) is 7.00. The van der Waals surface area contributed by atoms with Crippen LogP contribution in [0.1, 0.15) is 46.0 Å². The van der Waals surface area contributed by atoms with Crippen molar-refractivity contribution in [1.29, 1.82) is 0 Å². The fourth-order valence-electron chi connectivity index (χ4n) is 3.63. The maximum atomic E-state index is 12.6. The summed E-state index contributed by atoms with van der Waals surface area (Å²) in [7, 11) is 2.20. The molecule has 2 atom stereocenters. The van der Waals surface area contributed by atoms with Gasteiger partial charge in [-0.1, -0.05) is 20.3 Å². The Hall–Kier alpha value is -0.610. The number of hydrogen-bond donors (Lipinski definition) is 1. The van der Waals surface area contributed by atoms with Gasteiger partial charge in [-0.25, -0.2) is 0 Å². The zero-order chi connectivity index (χ0) is 13.6. The van der Waals surface area contributed by atoms with Crippen molar-refractivity contribution in [2.45, 2.75) is 63.7 Å². The van der Waals surface area contributed by atoms with Crippen molar-refractivity contribution in [3.05, 3.63) is 0 Å². The molecule has 0 bridgehead atoms. The van der Waals surface area contributed by atoms with Crippen molar-refractivity contribution in [2.24, 2.45) is 5.92 Å². The minimum absolute atomic E-state index is 0.165. The van der Waals surface area contributed by atoms with Crippen LogP contribution >= 0.6 is 0 Å². The van der Waals surface area contributed by atoms with Crippen LogP contribution in [-0.2, 0) is 4.79 Å². The molecule has 3 aliphatic rings. The molecule has 0 aromatic rings. The lowest BCUT2D eigenvalue weighted by Gasteiger charge is -2.37. The Morgan fingerprint density at radius 2 is 2.11 bits per heavy atom. The van der Waals surface area contributed by atoms with Gasteiger partial charge in [-0.05, 0) is 45.2 Å². The lowest BCUT2D eigenvalue weighted by Crippen LogP contribution is -2.50. The van der Waals surface area contributed by atoms with Crippen molar-refractivity contribution in [1.82, 2.24) is 15.1 Å². The molecule has 2 heterocycles. The highest BCUT2D eigenvalue weighted by atomic mass is 16.2. The number of hydrogen-bond acceptors (Lipinski definition) is 3. The van der Waals surface area contributed by atoms with E-state index in [0.29, 0.717) is 17.9 Å². The number of piperidine rings is 1. The molecule has 1 amide bonds. The Balaban J connectivity index is 1.72. The summed E-state index contributed by atoms with van der Waals surface area (Å²) in [5.41, 5.74) is -0.165. The Kier molecular flexibility index (Phi) is 3.34. The molecule has 0 aromatic heterocycles. The summed E-state index contributed by atoms with van der Waals surface area (Å²) >= 11 is 0. The van der Waals surface area contributed by atoms with Crippen LogP contribution in [0.15, 0.2) is 0 Å². The van der Waals surface area contributed by atoms with Gasteiger partial charge in [-0.3, -0.25) is 10.1 Å². The van der Waals surface area contributed by atoms with Crippen LogP contribution in [0, 0.1) is 5.92 Å². The lowest BCUT2D eigenvalue weighted by atomic mass is 10.0. The van der Waals surface area contributed by atoms with E-state index >= 15 is 0 Å². The number of rotatable bonds is 3. The van der Waals surface area contributed by atoms with Crippen LogP contribution in [0.2, 0.25) is 0 Å². The summed E-state index contributed by atoms with van der Waals surface area (Å²) in [6.45, 7) is 6.51. The highest BCUT2D eigenvalue weighted by Gasteiger charge is 2.59. The molecular formula is C15H27N3O. The number of nitrogens with one attached hydrogen (secondary N) is 1. The van der Waals surface area contributed by atoms with Gasteiger partial charge < -0.3 is 9.80 Å². The lowest BCUT2D eigenvalue weighted by molar-refractivity contribution is -0.132. The third-order valence-corrected chi connectivity index (χ3v) is 5.14. The molecule has 0 radical (unpaired) electrons. The second-order valence-electron chi connectivity index (χ2n) is 7.00. The molecular weight excluding hydrogens is 238 g/mol. The average Bonchev–Trinajstić information content (AvgIpc) is 3.10. The van der Waals surface area contributed by atoms with Gasteiger partial charge in [0.2, 0.25) is 5.91 Å². The zero-order valence-electron chi connectivity index (χ0n) is 12.5. The fourth-order valence-corrected chi connectivity index (χ4v) is 3.63. The number of likely N-dealkylation sites (N-methyl/N-ethyl adjacent to an activating group) is 1. The molecule has 1 aliphatic carbocycles. The summed E-state index contributed by atoms with van der Waals surface area (Å²) in [5, 5.41) is 3.60. The van der Waals surface area contributed by atoms with Crippen LogP contribution in [0.4, 0.5) is 0 Å². The van der Waals surface area contributed by atoms with Crippen LogP contribution in [0.25, 0.3) is 0 Å².